The van der Waals surface area contributed by atoms with E-state index in [0.717, 1.165) is 23.8 Å². The van der Waals surface area contributed by atoms with E-state index in [1.807, 2.05) is 6.92 Å². The van der Waals surface area contributed by atoms with E-state index in [9.17, 15) is 0 Å². The Morgan fingerprint density at radius 3 is 3.00 bits per heavy atom. The Kier molecular flexibility index (Phi) is 2.97. The first-order valence-electron chi connectivity index (χ1n) is 6.35. The van der Waals surface area contributed by atoms with Gasteiger partial charge < -0.3 is 5.32 Å². The zero-order valence-electron chi connectivity index (χ0n) is 10.1. The van der Waals surface area contributed by atoms with E-state index in [2.05, 4.69) is 21.3 Å². The molecule has 2 fully saturated rings. The van der Waals surface area contributed by atoms with Crippen molar-refractivity contribution in [2.24, 2.45) is 0 Å². The second-order valence-electron chi connectivity index (χ2n) is 5.21. The number of aryl methyl sites for hydroxylation is 1. The predicted octanol–water partition coefficient (Wildman–Crippen LogP) is 2.69. The first-order chi connectivity index (χ1) is 8.22. The summed E-state index contributed by atoms with van der Waals surface area (Å²) in [5.74, 6) is 0. The lowest BCUT2D eigenvalue weighted by Gasteiger charge is -2.17. The Labute approximate surface area is 107 Å². The maximum Gasteiger partial charge on any atom is 0.152 e. The van der Waals surface area contributed by atoms with Crippen molar-refractivity contribution in [2.75, 3.05) is 18.4 Å². The van der Waals surface area contributed by atoms with Gasteiger partial charge in [-0.25, -0.2) is 4.98 Å². The van der Waals surface area contributed by atoms with Gasteiger partial charge in [-0.3, -0.25) is 4.90 Å². The maximum absolute atomic E-state index is 6.10. The van der Waals surface area contributed by atoms with Crippen LogP contribution in [0.2, 0.25) is 5.15 Å². The van der Waals surface area contributed by atoms with Crippen LogP contribution in [0.25, 0.3) is 0 Å². The van der Waals surface area contributed by atoms with Crippen molar-refractivity contribution in [1.29, 1.82) is 0 Å². The highest BCUT2D eigenvalue weighted by atomic mass is 35.5. The summed E-state index contributed by atoms with van der Waals surface area (Å²) >= 11 is 6.10. The van der Waals surface area contributed by atoms with Crippen LogP contribution in [0.3, 0.4) is 0 Å². The van der Waals surface area contributed by atoms with Gasteiger partial charge in [-0.1, -0.05) is 11.6 Å². The molecule has 1 atom stereocenters. The average molecular weight is 252 g/mol. The third kappa shape index (κ3) is 2.55. The smallest absolute Gasteiger partial charge is 0.152 e. The average Bonchev–Trinajstić information content (AvgIpc) is 3.05. The second kappa shape index (κ2) is 4.46. The Bertz CT molecular complexity index is 417. The van der Waals surface area contributed by atoms with Crippen molar-refractivity contribution >= 4 is 17.3 Å². The van der Waals surface area contributed by atoms with Crippen LogP contribution in [0.4, 0.5) is 5.69 Å². The molecule has 1 aliphatic heterocycles. The van der Waals surface area contributed by atoms with Gasteiger partial charge in [0.15, 0.2) is 5.15 Å². The summed E-state index contributed by atoms with van der Waals surface area (Å²) in [6.45, 7) is 4.41. The number of likely N-dealkylation sites (tertiary alicyclic amines) is 1. The second-order valence-corrected chi connectivity index (χ2v) is 5.57. The monoisotopic (exact) mass is 251 g/mol. The van der Waals surface area contributed by atoms with Crippen LogP contribution >= 0.6 is 11.6 Å². The topological polar surface area (TPSA) is 28.2 Å². The highest BCUT2D eigenvalue weighted by Crippen LogP contribution is 2.31. The minimum absolute atomic E-state index is 0.525. The summed E-state index contributed by atoms with van der Waals surface area (Å²) in [6, 6.07) is 3.47. The maximum atomic E-state index is 6.10. The van der Waals surface area contributed by atoms with Gasteiger partial charge in [0.2, 0.25) is 0 Å². The third-order valence-electron chi connectivity index (χ3n) is 3.62. The lowest BCUT2D eigenvalue weighted by molar-refractivity contribution is 0.326. The molecular weight excluding hydrogens is 234 g/mol. The molecule has 2 aliphatic rings. The number of hydrogen-bond acceptors (Lipinski definition) is 3. The first kappa shape index (κ1) is 11.3. The first-order valence-corrected chi connectivity index (χ1v) is 6.73. The van der Waals surface area contributed by atoms with Crippen LogP contribution in [-0.4, -0.2) is 35.1 Å². The molecule has 1 saturated carbocycles. The third-order valence-corrected chi connectivity index (χ3v) is 3.92. The number of nitrogens with zero attached hydrogens (tertiary/aromatic N) is 2. The molecule has 0 radical (unpaired) electrons. The molecule has 0 amide bonds. The summed E-state index contributed by atoms with van der Waals surface area (Å²) in [5.41, 5.74) is 2.13. The zero-order valence-corrected chi connectivity index (χ0v) is 10.9. The lowest BCUT2D eigenvalue weighted by atomic mass is 10.2. The van der Waals surface area contributed by atoms with Crippen LogP contribution < -0.4 is 5.32 Å². The van der Waals surface area contributed by atoms with E-state index in [0.29, 0.717) is 11.2 Å². The highest BCUT2D eigenvalue weighted by molar-refractivity contribution is 6.31. The minimum Gasteiger partial charge on any atom is -0.378 e. The van der Waals surface area contributed by atoms with Gasteiger partial charge in [0.25, 0.3) is 0 Å². The van der Waals surface area contributed by atoms with E-state index < -0.39 is 0 Å². The molecule has 92 valence electrons. The minimum atomic E-state index is 0.525. The predicted molar refractivity (Wildman–Crippen MR) is 70.6 cm³/mol. The fourth-order valence-corrected chi connectivity index (χ4v) is 2.71. The number of aromatic nitrogens is 1. The number of halogens is 1. The van der Waals surface area contributed by atoms with Crippen LogP contribution in [0, 0.1) is 6.92 Å². The number of rotatable bonds is 3. The van der Waals surface area contributed by atoms with Crippen molar-refractivity contribution in [3.05, 3.63) is 23.0 Å². The van der Waals surface area contributed by atoms with Gasteiger partial charge in [0.1, 0.15) is 0 Å². The Balaban J connectivity index is 1.64. The summed E-state index contributed by atoms with van der Waals surface area (Å²) in [6.07, 6.45) is 5.79. The fraction of sp³-hybridized carbons (Fsp3) is 0.615. The number of hydrogen-bond donors (Lipinski definition) is 1. The van der Waals surface area contributed by atoms with Crippen molar-refractivity contribution in [3.63, 3.8) is 0 Å². The zero-order chi connectivity index (χ0) is 11.8. The molecule has 1 N–H and O–H groups in total. The summed E-state index contributed by atoms with van der Waals surface area (Å²) in [4.78, 5) is 6.77. The summed E-state index contributed by atoms with van der Waals surface area (Å²) in [7, 11) is 0. The van der Waals surface area contributed by atoms with Gasteiger partial charge in [-0.05, 0) is 37.8 Å². The Morgan fingerprint density at radius 2 is 2.24 bits per heavy atom. The molecule has 17 heavy (non-hydrogen) atoms. The SMILES string of the molecule is Cc1cnc(Cl)c(NC2CCN(C3CC3)C2)c1. The van der Waals surface area contributed by atoms with Crippen molar-refractivity contribution in [3.8, 4) is 0 Å². The molecule has 1 aromatic heterocycles. The van der Waals surface area contributed by atoms with E-state index in [-0.39, 0.29) is 0 Å². The summed E-state index contributed by atoms with van der Waals surface area (Å²) in [5, 5.41) is 4.11. The lowest BCUT2D eigenvalue weighted by Crippen LogP contribution is -2.27. The van der Waals surface area contributed by atoms with Crippen LogP contribution in [0.1, 0.15) is 24.8 Å². The molecular formula is C13H18ClN3. The molecule has 0 spiro atoms. The number of anilines is 1. The quantitative estimate of drug-likeness (QED) is 0.838. The standard InChI is InChI=1S/C13H18ClN3/c1-9-6-12(13(14)15-7-9)16-10-4-5-17(8-10)11-2-3-11/h6-7,10-11,16H,2-5,8H2,1H3. The van der Waals surface area contributed by atoms with Crippen LogP contribution in [-0.2, 0) is 0 Å². The Hall–Kier alpha value is -0.800. The van der Waals surface area contributed by atoms with Gasteiger partial charge in [0.05, 0.1) is 5.69 Å². The van der Waals surface area contributed by atoms with Crippen molar-refractivity contribution in [1.82, 2.24) is 9.88 Å². The molecule has 0 aromatic carbocycles. The van der Waals surface area contributed by atoms with Crippen LogP contribution in [0.5, 0.6) is 0 Å². The van der Waals surface area contributed by atoms with Gasteiger partial charge in [-0.2, -0.15) is 0 Å². The van der Waals surface area contributed by atoms with E-state index in [1.165, 1.54) is 25.8 Å². The molecule has 2 heterocycles. The van der Waals surface area contributed by atoms with Crippen molar-refractivity contribution < 1.29 is 0 Å². The largest absolute Gasteiger partial charge is 0.378 e. The van der Waals surface area contributed by atoms with Gasteiger partial charge >= 0.3 is 0 Å². The fourth-order valence-electron chi connectivity index (χ4n) is 2.55. The van der Waals surface area contributed by atoms with E-state index >= 15 is 0 Å². The van der Waals surface area contributed by atoms with Crippen molar-refractivity contribution in [2.45, 2.75) is 38.3 Å². The molecule has 0 bridgehead atoms. The molecule has 3 nitrogen and oxygen atoms in total. The van der Waals surface area contributed by atoms with E-state index in [1.54, 1.807) is 6.20 Å². The molecule has 4 heteroatoms. The highest BCUT2D eigenvalue weighted by Gasteiger charge is 2.34. The number of nitrogens with one attached hydrogen (secondary N) is 1. The van der Waals surface area contributed by atoms with E-state index in [4.69, 9.17) is 11.6 Å². The van der Waals surface area contributed by atoms with Gasteiger partial charge in [0, 0.05) is 31.4 Å². The molecule has 1 unspecified atom stereocenters. The Morgan fingerprint density at radius 1 is 1.41 bits per heavy atom. The molecule has 3 rings (SSSR count). The summed E-state index contributed by atoms with van der Waals surface area (Å²) < 4.78 is 0. The molecule has 1 saturated heterocycles. The molecule has 1 aromatic rings. The molecule has 1 aliphatic carbocycles. The normalized spacial score (nSPS) is 25.2. The number of pyridine rings is 1. The van der Waals surface area contributed by atoms with Gasteiger partial charge in [-0.15, -0.1) is 0 Å². The van der Waals surface area contributed by atoms with Crippen LogP contribution in [0.15, 0.2) is 12.3 Å².